The summed E-state index contributed by atoms with van der Waals surface area (Å²) in [6, 6.07) is 1.80. The van der Waals surface area contributed by atoms with E-state index in [1.807, 2.05) is 7.05 Å². The molecular formula is C15H23N3O2. The predicted octanol–water partition coefficient (Wildman–Crippen LogP) is 2.02. The molecule has 0 aliphatic heterocycles. The van der Waals surface area contributed by atoms with Gasteiger partial charge in [-0.2, -0.15) is 0 Å². The van der Waals surface area contributed by atoms with Crippen molar-refractivity contribution in [1.29, 1.82) is 0 Å². The second kappa shape index (κ2) is 6.70. The van der Waals surface area contributed by atoms with Crippen LogP contribution in [-0.2, 0) is 12.8 Å². The smallest absolute Gasteiger partial charge is 0.339 e. The van der Waals surface area contributed by atoms with Gasteiger partial charge in [0.2, 0.25) is 0 Å². The van der Waals surface area contributed by atoms with Crippen molar-refractivity contribution in [2.75, 3.05) is 32.0 Å². The first-order valence-corrected chi connectivity index (χ1v) is 7.30. The summed E-state index contributed by atoms with van der Waals surface area (Å²) in [4.78, 5) is 18.1. The van der Waals surface area contributed by atoms with E-state index < -0.39 is 5.97 Å². The molecule has 0 radical (unpaired) electrons. The monoisotopic (exact) mass is 277 g/mol. The second-order valence-electron chi connectivity index (χ2n) is 5.33. The van der Waals surface area contributed by atoms with Gasteiger partial charge in [-0.15, -0.1) is 0 Å². The van der Waals surface area contributed by atoms with Crippen molar-refractivity contribution >= 4 is 11.8 Å². The van der Waals surface area contributed by atoms with Crippen LogP contribution in [0, 0.1) is 0 Å². The Hall–Kier alpha value is -1.62. The van der Waals surface area contributed by atoms with Gasteiger partial charge >= 0.3 is 5.97 Å². The molecule has 1 aromatic rings. The van der Waals surface area contributed by atoms with Crippen molar-refractivity contribution in [3.8, 4) is 0 Å². The number of nitrogens with one attached hydrogen (secondary N) is 1. The highest BCUT2D eigenvalue weighted by atomic mass is 16.4. The molecule has 20 heavy (non-hydrogen) atoms. The standard InChI is InChI=1S/C15H23N3O2/c1-3-18(2)9-8-16-14-12(15(19)20)10-11-6-4-5-7-13(11)17-14/h10H,3-9H2,1-2H3,(H,16,17)(H,19,20). The Morgan fingerprint density at radius 2 is 2.20 bits per heavy atom. The van der Waals surface area contributed by atoms with E-state index >= 15 is 0 Å². The maximum absolute atomic E-state index is 11.4. The number of aromatic carboxylic acids is 1. The first-order chi connectivity index (χ1) is 9.61. The van der Waals surface area contributed by atoms with Gasteiger partial charge in [0.25, 0.3) is 0 Å². The van der Waals surface area contributed by atoms with Crippen LogP contribution in [0.25, 0.3) is 0 Å². The number of aromatic nitrogens is 1. The van der Waals surface area contributed by atoms with Crippen molar-refractivity contribution in [2.45, 2.75) is 32.6 Å². The maximum Gasteiger partial charge on any atom is 0.339 e. The topological polar surface area (TPSA) is 65.5 Å². The van der Waals surface area contributed by atoms with Gasteiger partial charge in [-0.25, -0.2) is 9.78 Å². The predicted molar refractivity (Wildman–Crippen MR) is 79.5 cm³/mol. The molecule has 1 aliphatic rings. The zero-order chi connectivity index (χ0) is 14.5. The molecule has 2 N–H and O–H groups in total. The fourth-order valence-electron chi connectivity index (χ4n) is 2.45. The molecule has 1 aliphatic carbocycles. The minimum Gasteiger partial charge on any atom is -0.478 e. The molecule has 0 saturated heterocycles. The Kier molecular flexibility index (Phi) is 4.95. The highest BCUT2D eigenvalue weighted by Crippen LogP contribution is 2.24. The van der Waals surface area contributed by atoms with Gasteiger partial charge in [0.15, 0.2) is 0 Å². The van der Waals surface area contributed by atoms with Crippen LogP contribution in [0.2, 0.25) is 0 Å². The third-order valence-corrected chi connectivity index (χ3v) is 3.86. The number of carboxylic acid groups (broad SMARTS) is 1. The maximum atomic E-state index is 11.4. The van der Waals surface area contributed by atoms with Crippen LogP contribution < -0.4 is 5.32 Å². The van der Waals surface area contributed by atoms with E-state index in [1.165, 1.54) is 0 Å². The summed E-state index contributed by atoms with van der Waals surface area (Å²) in [5.41, 5.74) is 2.46. The van der Waals surface area contributed by atoms with E-state index in [-0.39, 0.29) is 0 Å². The van der Waals surface area contributed by atoms with E-state index in [0.29, 0.717) is 17.9 Å². The summed E-state index contributed by atoms with van der Waals surface area (Å²) in [6.45, 7) is 4.65. The largest absolute Gasteiger partial charge is 0.478 e. The summed E-state index contributed by atoms with van der Waals surface area (Å²) in [7, 11) is 2.04. The van der Waals surface area contributed by atoms with Crippen LogP contribution in [0.1, 0.15) is 41.4 Å². The van der Waals surface area contributed by atoms with Gasteiger partial charge in [-0.1, -0.05) is 6.92 Å². The van der Waals surface area contributed by atoms with E-state index in [2.05, 4.69) is 22.1 Å². The zero-order valence-electron chi connectivity index (χ0n) is 12.3. The number of nitrogens with zero attached hydrogens (tertiary/aromatic N) is 2. The summed E-state index contributed by atoms with van der Waals surface area (Å²) in [6.07, 6.45) is 4.17. The van der Waals surface area contributed by atoms with Crippen molar-refractivity contribution in [3.63, 3.8) is 0 Å². The zero-order valence-corrected chi connectivity index (χ0v) is 12.3. The fourth-order valence-corrected chi connectivity index (χ4v) is 2.45. The lowest BCUT2D eigenvalue weighted by atomic mass is 9.95. The number of hydrogen-bond donors (Lipinski definition) is 2. The minimum absolute atomic E-state index is 0.296. The molecule has 110 valence electrons. The van der Waals surface area contributed by atoms with Crippen LogP contribution in [0.15, 0.2) is 6.07 Å². The number of likely N-dealkylation sites (N-methyl/N-ethyl adjacent to an activating group) is 1. The number of carbonyl (C=O) groups is 1. The van der Waals surface area contributed by atoms with E-state index in [1.54, 1.807) is 6.07 Å². The number of anilines is 1. The molecule has 0 bridgehead atoms. The number of fused-ring (bicyclic) bond motifs is 1. The van der Waals surface area contributed by atoms with Gasteiger partial charge in [0, 0.05) is 18.8 Å². The third kappa shape index (κ3) is 3.48. The van der Waals surface area contributed by atoms with E-state index in [4.69, 9.17) is 0 Å². The van der Waals surface area contributed by atoms with Crippen LogP contribution in [-0.4, -0.2) is 47.6 Å². The number of aryl methyl sites for hydroxylation is 2. The first-order valence-electron chi connectivity index (χ1n) is 7.30. The molecule has 0 spiro atoms. The molecule has 0 aromatic carbocycles. The van der Waals surface area contributed by atoms with Gasteiger partial charge in [-0.3, -0.25) is 0 Å². The number of carboxylic acids is 1. The number of rotatable bonds is 6. The Morgan fingerprint density at radius 1 is 1.45 bits per heavy atom. The molecule has 2 rings (SSSR count). The Balaban J connectivity index is 2.15. The quantitative estimate of drug-likeness (QED) is 0.833. The van der Waals surface area contributed by atoms with E-state index in [9.17, 15) is 9.90 Å². The SMILES string of the molecule is CCN(C)CCNc1nc2c(cc1C(=O)O)CCCC2. The number of pyridine rings is 1. The lowest BCUT2D eigenvalue weighted by molar-refractivity contribution is 0.0697. The first kappa shape index (κ1) is 14.8. The molecule has 0 atom stereocenters. The second-order valence-corrected chi connectivity index (χ2v) is 5.33. The summed E-state index contributed by atoms with van der Waals surface area (Å²) in [5.74, 6) is -0.389. The highest BCUT2D eigenvalue weighted by molar-refractivity contribution is 5.93. The average Bonchev–Trinajstić information content (AvgIpc) is 2.46. The molecule has 0 unspecified atom stereocenters. The fraction of sp³-hybridized carbons (Fsp3) is 0.600. The third-order valence-electron chi connectivity index (χ3n) is 3.86. The van der Waals surface area contributed by atoms with Crippen LogP contribution in [0.3, 0.4) is 0 Å². The molecule has 1 heterocycles. The Labute approximate surface area is 120 Å². The molecule has 5 heteroatoms. The van der Waals surface area contributed by atoms with Crippen molar-refractivity contribution in [1.82, 2.24) is 9.88 Å². The summed E-state index contributed by atoms with van der Waals surface area (Å²) < 4.78 is 0. The summed E-state index contributed by atoms with van der Waals surface area (Å²) in [5, 5.41) is 12.5. The molecule has 0 amide bonds. The van der Waals surface area contributed by atoms with Gasteiger partial charge in [-0.05, 0) is 50.9 Å². The number of hydrogen-bond acceptors (Lipinski definition) is 4. The lowest BCUT2D eigenvalue weighted by Crippen LogP contribution is -2.25. The van der Waals surface area contributed by atoms with Crippen LogP contribution >= 0.6 is 0 Å². The van der Waals surface area contributed by atoms with Crippen molar-refractivity contribution < 1.29 is 9.90 Å². The Bertz CT molecular complexity index is 488. The molecule has 0 fully saturated rings. The van der Waals surface area contributed by atoms with Crippen LogP contribution in [0.4, 0.5) is 5.82 Å². The minimum atomic E-state index is -0.905. The molecule has 5 nitrogen and oxygen atoms in total. The average molecular weight is 277 g/mol. The normalized spacial score (nSPS) is 14.2. The molecule has 0 saturated carbocycles. The van der Waals surface area contributed by atoms with E-state index in [0.717, 1.165) is 50.0 Å². The van der Waals surface area contributed by atoms with Gasteiger partial charge in [0.1, 0.15) is 11.4 Å². The highest BCUT2D eigenvalue weighted by Gasteiger charge is 2.18. The molecule has 1 aromatic heterocycles. The van der Waals surface area contributed by atoms with Crippen LogP contribution in [0.5, 0.6) is 0 Å². The van der Waals surface area contributed by atoms with Crippen molar-refractivity contribution in [2.24, 2.45) is 0 Å². The Morgan fingerprint density at radius 3 is 2.90 bits per heavy atom. The van der Waals surface area contributed by atoms with Crippen molar-refractivity contribution in [3.05, 3.63) is 22.9 Å². The lowest BCUT2D eigenvalue weighted by Gasteiger charge is -2.19. The summed E-state index contributed by atoms with van der Waals surface area (Å²) >= 11 is 0. The molecular weight excluding hydrogens is 254 g/mol. The van der Waals surface area contributed by atoms with Gasteiger partial charge in [0.05, 0.1) is 0 Å². The van der Waals surface area contributed by atoms with Gasteiger partial charge < -0.3 is 15.3 Å².